The predicted molar refractivity (Wildman–Crippen MR) is 115 cm³/mol. The fourth-order valence-electron chi connectivity index (χ4n) is 3.12. The summed E-state index contributed by atoms with van der Waals surface area (Å²) in [7, 11) is 0. The van der Waals surface area contributed by atoms with Gasteiger partial charge in [0.25, 0.3) is 11.8 Å². The maximum Gasteiger partial charge on any atom is 0.409 e. The molecular weight excluding hydrogens is 429 g/mol. The van der Waals surface area contributed by atoms with Gasteiger partial charge in [0.15, 0.2) is 0 Å². The molecule has 0 bridgehead atoms. The SMILES string of the molecule is CCOC(=O)N1CCN(C(=O)c2ccccc2NC(=O)c2ccc(Cl)cc2Cl)CC1. The number of carbonyl (C=O) groups is 3. The molecule has 0 atom stereocenters. The highest BCUT2D eigenvalue weighted by Gasteiger charge is 2.27. The number of anilines is 1. The number of ether oxygens (including phenoxy) is 1. The number of rotatable bonds is 4. The van der Waals surface area contributed by atoms with Crippen LogP contribution < -0.4 is 5.32 Å². The Balaban J connectivity index is 1.71. The van der Waals surface area contributed by atoms with Crippen LogP contribution in [0, 0.1) is 0 Å². The lowest BCUT2D eigenvalue weighted by Crippen LogP contribution is -2.50. The third kappa shape index (κ3) is 5.04. The van der Waals surface area contributed by atoms with Crippen LogP contribution in [0.4, 0.5) is 10.5 Å². The lowest BCUT2D eigenvalue weighted by atomic mass is 10.1. The van der Waals surface area contributed by atoms with Crippen molar-refractivity contribution in [1.82, 2.24) is 9.80 Å². The molecule has 1 N–H and O–H groups in total. The number of hydrogen-bond donors (Lipinski definition) is 1. The summed E-state index contributed by atoms with van der Waals surface area (Å²) >= 11 is 12.0. The van der Waals surface area contributed by atoms with Crippen molar-refractivity contribution in [2.24, 2.45) is 0 Å². The van der Waals surface area contributed by atoms with E-state index in [-0.39, 0.29) is 22.6 Å². The number of carbonyl (C=O) groups excluding carboxylic acids is 3. The highest BCUT2D eigenvalue weighted by atomic mass is 35.5. The van der Waals surface area contributed by atoms with Crippen molar-refractivity contribution in [2.45, 2.75) is 6.92 Å². The molecule has 0 spiro atoms. The van der Waals surface area contributed by atoms with E-state index in [0.29, 0.717) is 49.1 Å². The first kappa shape index (κ1) is 21.9. The second-order valence-electron chi connectivity index (χ2n) is 6.60. The van der Waals surface area contributed by atoms with E-state index in [0.717, 1.165) is 0 Å². The summed E-state index contributed by atoms with van der Waals surface area (Å²) in [6.07, 6.45) is -0.378. The molecule has 9 heteroatoms. The van der Waals surface area contributed by atoms with Gasteiger partial charge in [-0.15, -0.1) is 0 Å². The van der Waals surface area contributed by atoms with E-state index in [1.54, 1.807) is 47.1 Å². The average Bonchev–Trinajstić information content (AvgIpc) is 2.74. The van der Waals surface area contributed by atoms with Crippen molar-refractivity contribution in [3.63, 3.8) is 0 Å². The molecular formula is C21H21Cl2N3O4. The lowest BCUT2D eigenvalue weighted by molar-refractivity contribution is 0.0571. The minimum Gasteiger partial charge on any atom is -0.450 e. The number of benzene rings is 2. The third-order valence-corrected chi connectivity index (χ3v) is 5.22. The first-order valence-corrected chi connectivity index (χ1v) is 10.2. The maximum atomic E-state index is 13.0. The van der Waals surface area contributed by atoms with E-state index in [4.69, 9.17) is 27.9 Å². The number of amides is 3. The lowest BCUT2D eigenvalue weighted by Gasteiger charge is -2.34. The topological polar surface area (TPSA) is 79.0 Å². The zero-order valence-corrected chi connectivity index (χ0v) is 17.9. The highest BCUT2D eigenvalue weighted by molar-refractivity contribution is 6.37. The molecule has 0 unspecified atom stereocenters. The van der Waals surface area contributed by atoms with Crippen LogP contribution in [0.2, 0.25) is 10.0 Å². The first-order chi connectivity index (χ1) is 14.4. The normalized spacial score (nSPS) is 13.7. The largest absolute Gasteiger partial charge is 0.450 e. The molecule has 3 rings (SSSR count). The van der Waals surface area contributed by atoms with Gasteiger partial charge >= 0.3 is 6.09 Å². The standard InChI is InChI=1S/C21H21Cl2N3O4/c1-2-30-21(29)26-11-9-25(10-12-26)20(28)16-5-3-4-6-18(16)24-19(27)15-8-7-14(22)13-17(15)23/h3-8,13H,2,9-12H2,1H3,(H,24,27). The molecule has 0 radical (unpaired) electrons. The summed E-state index contributed by atoms with van der Waals surface area (Å²) in [5, 5.41) is 3.40. The van der Waals surface area contributed by atoms with Crippen molar-refractivity contribution in [3.8, 4) is 0 Å². The second-order valence-corrected chi connectivity index (χ2v) is 7.45. The Morgan fingerprint density at radius 2 is 1.63 bits per heavy atom. The molecule has 7 nitrogen and oxygen atoms in total. The summed E-state index contributed by atoms with van der Waals surface area (Å²) in [6, 6.07) is 11.4. The number of nitrogens with zero attached hydrogens (tertiary/aromatic N) is 2. The highest BCUT2D eigenvalue weighted by Crippen LogP contribution is 2.24. The van der Waals surface area contributed by atoms with E-state index in [9.17, 15) is 14.4 Å². The van der Waals surface area contributed by atoms with E-state index >= 15 is 0 Å². The molecule has 0 aromatic heterocycles. The van der Waals surface area contributed by atoms with E-state index in [2.05, 4.69) is 5.32 Å². The molecule has 0 aliphatic carbocycles. The second kappa shape index (κ2) is 9.82. The Morgan fingerprint density at radius 3 is 2.30 bits per heavy atom. The summed E-state index contributed by atoms with van der Waals surface area (Å²) < 4.78 is 5.00. The molecule has 1 aliphatic heterocycles. The van der Waals surface area contributed by atoms with Gasteiger partial charge in [0.1, 0.15) is 0 Å². The van der Waals surface area contributed by atoms with E-state index < -0.39 is 5.91 Å². The molecule has 1 saturated heterocycles. The summed E-state index contributed by atoms with van der Waals surface area (Å²) in [5.41, 5.74) is 0.998. The van der Waals surface area contributed by atoms with Crippen molar-refractivity contribution in [3.05, 3.63) is 63.6 Å². The summed E-state index contributed by atoms with van der Waals surface area (Å²) in [5.74, 6) is -0.666. The fourth-order valence-corrected chi connectivity index (χ4v) is 3.61. The molecule has 158 valence electrons. The van der Waals surface area contributed by atoms with Gasteiger partial charge in [0, 0.05) is 31.2 Å². The average molecular weight is 450 g/mol. The Hall–Kier alpha value is -2.77. The summed E-state index contributed by atoms with van der Waals surface area (Å²) in [4.78, 5) is 40.8. The van der Waals surface area contributed by atoms with E-state index in [1.807, 2.05) is 0 Å². The molecule has 30 heavy (non-hydrogen) atoms. The van der Waals surface area contributed by atoms with Crippen LogP contribution in [0.25, 0.3) is 0 Å². The number of para-hydroxylation sites is 1. The van der Waals surface area contributed by atoms with Gasteiger partial charge in [-0.2, -0.15) is 0 Å². The molecule has 2 aromatic carbocycles. The Kier molecular flexibility index (Phi) is 7.18. The van der Waals surface area contributed by atoms with Crippen LogP contribution in [-0.2, 0) is 4.74 Å². The van der Waals surface area contributed by atoms with Gasteiger partial charge in [0.2, 0.25) is 0 Å². The van der Waals surface area contributed by atoms with Crippen molar-refractivity contribution < 1.29 is 19.1 Å². The maximum absolute atomic E-state index is 13.0. The Morgan fingerprint density at radius 1 is 0.967 bits per heavy atom. The van der Waals surface area contributed by atoms with Crippen LogP contribution in [0.5, 0.6) is 0 Å². The zero-order valence-electron chi connectivity index (χ0n) is 16.4. The zero-order chi connectivity index (χ0) is 21.7. The van der Waals surface area contributed by atoms with E-state index in [1.165, 1.54) is 12.1 Å². The quantitative estimate of drug-likeness (QED) is 0.759. The molecule has 0 saturated carbocycles. The monoisotopic (exact) mass is 449 g/mol. The number of hydrogen-bond acceptors (Lipinski definition) is 4. The van der Waals surface area contributed by atoms with Gasteiger partial charge in [-0.05, 0) is 37.3 Å². The van der Waals surface area contributed by atoms with Crippen molar-refractivity contribution in [2.75, 3.05) is 38.1 Å². The number of halogens is 2. The van der Waals surface area contributed by atoms with Crippen molar-refractivity contribution >= 4 is 46.8 Å². The predicted octanol–water partition coefficient (Wildman–Crippen LogP) is 4.16. The van der Waals surface area contributed by atoms with Gasteiger partial charge in [-0.25, -0.2) is 4.79 Å². The minimum atomic E-state index is -0.441. The molecule has 1 aliphatic rings. The minimum absolute atomic E-state index is 0.221. The third-order valence-electron chi connectivity index (χ3n) is 4.67. The van der Waals surface area contributed by atoms with Gasteiger partial charge in [0.05, 0.1) is 28.4 Å². The summed E-state index contributed by atoms with van der Waals surface area (Å²) in [6.45, 7) is 3.59. The van der Waals surface area contributed by atoms with Crippen LogP contribution >= 0.6 is 23.2 Å². The van der Waals surface area contributed by atoms with Crippen LogP contribution in [0.1, 0.15) is 27.6 Å². The van der Waals surface area contributed by atoms with Crippen LogP contribution in [-0.4, -0.2) is 60.5 Å². The molecule has 3 amide bonds. The smallest absolute Gasteiger partial charge is 0.409 e. The van der Waals surface area contributed by atoms with Gasteiger partial charge < -0.3 is 19.9 Å². The Labute approximate surface area is 184 Å². The molecule has 2 aromatic rings. The molecule has 1 fully saturated rings. The molecule has 1 heterocycles. The van der Waals surface area contributed by atoms with Crippen molar-refractivity contribution in [1.29, 1.82) is 0 Å². The van der Waals surface area contributed by atoms with Crippen LogP contribution in [0.3, 0.4) is 0 Å². The Bertz CT molecular complexity index is 959. The fraction of sp³-hybridized carbons (Fsp3) is 0.286. The van der Waals surface area contributed by atoms with Crippen LogP contribution in [0.15, 0.2) is 42.5 Å². The number of piperazine rings is 1. The number of nitrogens with one attached hydrogen (secondary N) is 1. The van der Waals surface area contributed by atoms with Gasteiger partial charge in [-0.3, -0.25) is 9.59 Å². The van der Waals surface area contributed by atoms with Gasteiger partial charge in [-0.1, -0.05) is 35.3 Å². The first-order valence-electron chi connectivity index (χ1n) is 9.47.